The molecule has 0 radical (unpaired) electrons. The number of carbonyl (C=O) groups is 1. The van der Waals surface area contributed by atoms with Crippen molar-refractivity contribution >= 4 is 16.0 Å². The van der Waals surface area contributed by atoms with Crippen LogP contribution < -0.4 is 0 Å². The monoisotopic (exact) mass is 307 g/mol. The molecule has 1 rings (SSSR count). The lowest BCUT2D eigenvalue weighted by Crippen LogP contribution is -2.43. The van der Waals surface area contributed by atoms with E-state index in [9.17, 15) is 13.2 Å². The minimum absolute atomic E-state index is 0.00766. The fourth-order valence-corrected chi connectivity index (χ4v) is 3.98. The number of methoxy groups -OCH3 is 2. The molecule has 0 heterocycles. The summed E-state index contributed by atoms with van der Waals surface area (Å²) in [5.74, 6) is 0.0594. The molecule has 0 aromatic carbocycles. The molecule has 1 aliphatic rings. The first-order chi connectivity index (χ1) is 9.42. The van der Waals surface area contributed by atoms with Crippen molar-refractivity contribution in [3.63, 3.8) is 0 Å². The van der Waals surface area contributed by atoms with Gasteiger partial charge in [0.25, 0.3) is 0 Å². The Morgan fingerprint density at radius 1 is 1.35 bits per heavy atom. The van der Waals surface area contributed by atoms with Crippen LogP contribution in [0.3, 0.4) is 0 Å². The molecular weight excluding hydrogens is 282 g/mol. The highest BCUT2D eigenvalue weighted by atomic mass is 32.2. The average molecular weight is 307 g/mol. The van der Waals surface area contributed by atoms with E-state index in [0.717, 1.165) is 12.8 Å². The van der Waals surface area contributed by atoms with Crippen LogP contribution in [0.5, 0.6) is 0 Å². The summed E-state index contributed by atoms with van der Waals surface area (Å²) < 4.78 is 35.8. The Morgan fingerprint density at radius 2 is 2.00 bits per heavy atom. The van der Waals surface area contributed by atoms with Crippen LogP contribution in [0.25, 0.3) is 0 Å². The fraction of sp³-hybridized carbons (Fsp3) is 0.923. The summed E-state index contributed by atoms with van der Waals surface area (Å²) in [5.41, 5.74) is 0. The Bertz CT molecular complexity index is 405. The normalized spacial score (nSPS) is 17.2. The molecule has 0 N–H and O–H groups in total. The van der Waals surface area contributed by atoms with E-state index >= 15 is 0 Å². The zero-order chi connectivity index (χ0) is 15.2. The number of carbonyl (C=O) groups excluding carboxylic acids is 1. The van der Waals surface area contributed by atoms with Crippen molar-refractivity contribution < 1.29 is 22.7 Å². The van der Waals surface area contributed by atoms with Gasteiger partial charge in [-0.3, -0.25) is 4.79 Å². The zero-order valence-electron chi connectivity index (χ0n) is 12.5. The van der Waals surface area contributed by atoms with Gasteiger partial charge in [0.2, 0.25) is 10.0 Å². The van der Waals surface area contributed by atoms with Crippen molar-refractivity contribution in [1.82, 2.24) is 4.31 Å². The van der Waals surface area contributed by atoms with E-state index in [4.69, 9.17) is 4.74 Å². The lowest BCUT2D eigenvalue weighted by molar-refractivity contribution is -0.140. The Balaban J connectivity index is 2.59. The van der Waals surface area contributed by atoms with Gasteiger partial charge in [0.1, 0.15) is 0 Å². The largest absolute Gasteiger partial charge is 0.469 e. The number of hydrogen-bond acceptors (Lipinski definition) is 5. The molecule has 0 aromatic heterocycles. The van der Waals surface area contributed by atoms with Crippen molar-refractivity contribution in [3.8, 4) is 0 Å². The average Bonchev–Trinajstić information content (AvgIpc) is 3.22. The molecule has 1 saturated carbocycles. The molecule has 118 valence electrons. The maximum Gasteiger partial charge on any atom is 0.305 e. The van der Waals surface area contributed by atoms with Crippen LogP contribution in [0.2, 0.25) is 0 Å². The van der Waals surface area contributed by atoms with E-state index in [1.807, 2.05) is 6.92 Å². The third kappa shape index (κ3) is 5.38. The minimum atomic E-state index is -3.36. The summed E-state index contributed by atoms with van der Waals surface area (Å²) in [7, 11) is -0.495. The first kappa shape index (κ1) is 17.4. The maximum absolute atomic E-state index is 12.4. The van der Waals surface area contributed by atoms with Crippen molar-refractivity contribution in [1.29, 1.82) is 0 Å². The summed E-state index contributed by atoms with van der Waals surface area (Å²) in [6.07, 6.45) is 2.59. The molecule has 0 aliphatic heterocycles. The Morgan fingerprint density at radius 3 is 2.50 bits per heavy atom. The Labute approximate surface area is 121 Å². The summed E-state index contributed by atoms with van der Waals surface area (Å²) in [6, 6.07) is 0.00766. The summed E-state index contributed by atoms with van der Waals surface area (Å²) >= 11 is 0. The van der Waals surface area contributed by atoms with Gasteiger partial charge >= 0.3 is 5.97 Å². The van der Waals surface area contributed by atoms with Crippen LogP contribution in [0.4, 0.5) is 0 Å². The predicted octanol–water partition coefficient (Wildman–Crippen LogP) is 1.02. The number of hydrogen-bond donors (Lipinski definition) is 0. The molecule has 1 aliphatic carbocycles. The van der Waals surface area contributed by atoms with Crippen LogP contribution in [-0.2, 0) is 24.3 Å². The van der Waals surface area contributed by atoms with Gasteiger partial charge in [-0.25, -0.2) is 8.42 Å². The minimum Gasteiger partial charge on any atom is -0.469 e. The summed E-state index contributed by atoms with van der Waals surface area (Å²) in [5, 5.41) is 0. The van der Waals surface area contributed by atoms with E-state index < -0.39 is 10.0 Å². The number of rotatable bonds is 10. The van der Waals surface area contributed by atoms with Gasteiger partial charge < -0.3 is 9.47 Å². The van der Waals surface area contributed by atoms with E-state index in [1.165, 1.54) is 11.4 Å². The van der Waals surface area contributed by atoms with E-state index in [0.29, 0.717) is 19.1 Å². The summed E-state index contributed by atoms with van der Waals surface area (Å²) in [4.78, 5) is 11.0. The molecule has 6 nitrogen and oxygen atoms in total. The van der Waals surface area contributed by atoms with Crippen molar-refractivity contribution in [3.05, 3.63) is 0 Å². The van der Waals surface area contributed by atoms with E-state index in [-0.39, 0.29) is 30.6 Å². The molecule has 0 amide bonds. The van der Waals surface area contributed by atoms with Gasteiger partial charge in [-0.15, -0.1) is 0 Å². The van der Waals surface area contributed by atoms with Crippen LogP contribution in [-0.4, -0.2) is 57.9 Å². The number of nitrogens with zero attached hydrogens (tertiary/aromatic N) is 1. The fourth-order valence-electron chi connectivity index (χ4n) is 2.21. The van der Waals surface area contributed by atoms with Crippen LogP contribution >= 0.6 is 0 Å². The molecule has 1 atom stereocenters. The first-order valence-electron chi connectivity index (χ1n) is 6.97. The third-order valence-electron chi connectivity index (χ3n) is 3.64. The quantitative estimate of drug-likeness (QED) is 0.563. The van der Waals surface area contributed by atoms with Crippen molar-refractivity contribution in [2.45, 2.75) is 38.6 Å². The first-order valence-corrected chi connectivity index (χ1v) is 8.58. The Hall–Kier alpha value is -0.660. The van der Waals surface area contributed by atoms with E-state index in [2.05, 4.69) is 4.74 Å². The maximum atomic E-state index is 12.4. The van der Waals surface area contributed by atoms with E-state index in [1.54, 1.807) is 7.11 Å². The predicted molar refractivity (Wildman–Crippen MR) is 75.8 cm³/mol. The van der Waals surface area contributed by atoms with Crippen molar-refractivity contribution in [2.24, 2.45) is 5.92 Å². The molecular formula is C13H25NO5S. The molecule has 1 unspecified atom stereocenters. The summed E-state index contributed by atoms with van der Waals surface area (Å²) in [6.45, 7) is 2.70. The van der Waals surface area contributed by atoms with Crippen LogP contribution in [0, 0.1) is 5.92 Å². The molecule has 20 heavy (non-hydrogen) atoms. The smallest absolute Gasteiger partial charge is 0.305 e. The lowest BCUT2D eigenvalue weighted by atomic mass is 10.2. The highest BCUT2D eigenvalue weighted by Gasteiger charge is 2.37. The van der Waals surface area contributed by atoms with Gasteiger partial charge in [-0.1, -0.05) is 0 Å². The second kappa shape index (κ2) is 7.95. The molecule has 0 saturated heterocycles. The molecule has 7 heteroatoms. The SMILES string of the molecule is COCCN(C(C)C1CC1)S(=O)(=O)CCCC(=O)OC. The number of ether oxygens (including phenoxy) is 2. The van der Waals surface area contributed by atoms with Crippen molar-refractivity contribution in [2.75, 3.05) is 33.1 Å². The molecule has 0 bridgehead atoms. The molecule has 1 fully saturated rings. The van der Waals surface area contributed by atoms with Gasteiger partial charge in [0.05, 0.1) is 19.5 Å². The second-order valence-corrected chi connectivity index (χ2v) is 7.22. The standard InChI is InChI=1S/C13H25NO5S/c1-11(12-6-7-12)14(8-9-18-2)20(16,17)10-4-5-13(15)19-3/h11-12H,4-10H2,1-3H3. The highest BCUT2D eigenvalue weighted by molar-refractivity contribution is 7.89. The third-order valence-corrected chi connectivity index (χ3v) is 5.68. The number of esters is 1. The topological polar surface area (TPSA) is 72.9 Å². The van der Waals surface area contributed by atoms with Gasteiger partial charge in [-0.2, -0.15) is 4.31 Å². The highest BCUT2D eigenvalue weighted by Crippen LogP contribution is 2.36. The molecule has 0 aromatic rings. The van der Waals surface area contributed by atoms with Gasteiger partial charge in [0.15, 0.2) is 0 Å². The Kier molecular flexibility index (Phi) is 6.91. The van der Waals surface area contributed by atoms with Crippen LogP contribution in [0.15, 0.2) is 0 Å². The zero-order valence-corrected chi connectivity index (χ0v) is 13.3. The van der Waals surface area contributed by atoms with Gasteiger partial charge in [-0.05, 0) is 32.1 Å². The number of sulfonamides is 1. The lowest BCUT2D eigenvalue weighted by Gasteiger charge is -2.28. The van der Waals surface area contributed by atoms with Crippen LogP contribution in [0.1, 0.15) is 32.6 Å². The molecule has 0 spiro atoms. The second-order valence-electron chi connectivity index (χ2n) is 5.18. The van der Waals surface area contributed by atoms with Gasteiger partial charge in [0, 0.05) is 26.1 Å².